The summed E-state index contributed by atoms with van der Waals surface area (Å²) in [5, 5.41) is 12.1. The van der Waals surface area contributed by atoms with Gasteiger partial charge in [0.05, 0.1) is 5.25 Å². The molecule has 1 aromatic carbocycles. The molecule has 2 aromatic rings. The Morgan fingerprint density at radius 1 is 1.38 bits per heavy atom. The van der Waals surface area contributed by atoms with E-state index >= 15 is 0 Å². The van der Waals surface area contributed by atoms with E-state index in [4.69, 9.17) is 17.4 Å². The summed E-state index contributed by atoms with van der Waals surface area (Å²) >= 11 is 7.33. The fourth-order valence-electron chi connectivity index (χ4n) is 3.17. The summed E-state index contributed by atoms with van der Waals surface area (Å²) in [5.41, 5.74) is 0.786. The van der Waals surface area contributed by atoms with Crippen molar-refractivity contribution in [2.24, 2.45) is 5.92 Å². The lowest BCUT2D eigenvalue weighted by atomic mass is 9.89. The summed E-state index contributed by atoms with van der Waals surface area (Å²) in [4.78, 5) is 12.4. The summed E-state index contributed by atoms with van der Waals surface area (Å²) < 4.78 is 1.40. The first kappa shape index (κ1) is 19.0. The molecule has 0 bridgehead atoms. The first-order valence-corrected chi connectivity index (χ1v) is 10.2. The van der Waals surface area contributed by atoms with Crippen LogP contribution < -0.4 is 11.2 Å². The Bertz CT molecular complexity index is 760. The highest BCUT2D eigenvalue weighted by Gasteiger charge is 2.21. The third kappa shape index (κ3) is 4.71. The van der Waals surface area contributed by atoms with E-state index in [0.717, 1.165) is 12.1 Å². The molecule has 3 rings (SSSR count). The molecule has 6 nitrogen and oxygen atoms in total. The number of carbonyl (C=O) groups is 1. The van der Waals surface area contributed by atoms with Crippen molar-refractivity contribution in [2.45, 2.75) is 49.4 Å². The minimum atomic E-state index is -0.294. The van der Waals surface area contributed by atoms with Crippen molar-refractivity contribution in [3.63, 3.8) is 0 Å². The van der Waals surface area contributed by atoms with Crippen LogP contribution in [0.1, 0.15) is 39.0 Å². The molecule has 1 aliphatic rings. The van der Waals surface area contributed by atoms with Gasteiger partial charge in [0.25, 0.3) is 0 Å². The minimum absolute atomic E-state index is 0.00730. The Kier molecular flexibility index (Phi) is 6.43. The zero-order valence-electron chi connectivity index (χ0n) is 14.8. The first-order valence-electron chi connectivity index (χ1n) is 8.95. The molecule has 1 aromatic heterocycles. The summed E-state index contributed by atoms with van der Waals surface area (Å²) in [6.45, 7) is 2.61. The average Bonchev–Trinajstić information content (AvgIpc) is 3.01. The predicted molar refractivity (Wildman–Crippen MR) is 106 cm³/mol. The largest absolute Gasteiger partial charge is 0.355 e. The quantitative estimate of drug-likeness (QED) is 0.579. The van der Waals surface area contributed by atoms with Crippen LogP contribution in [0.25, 0.3) is 11.4 Å². The predicted octanol–water partition coefficient (Wildman–Crippen LogP) is 3.49. The molecule has 1 aliphatic carbocycles. The van der Waals surface area contributed by atoms with Crippen molar-refractivity contribution < 1.29 is 4.79 Å². The van der Waals surface area contributed by atoms with Gasteiger partial charge in [0.1, 0.15) is 0 Å². The molecule has 1 amide bonds. The molecule has 8 heteroatoms. The zero-order valence-corrected chi connectivity index (χ0v) is 16.4. The Labute approximate surface area is 162 Å². The minimum Gasteiger partial charge on any atom is -0.355 e. The van der Waals surface area contributed by atoms with E-state index in [2.05, 4.69) is 15.5 Å². The van der Waals surface area contributed by atoms with Gasteiger partial charge >= 0.3 is 0 Å². The van der Waals surface area contributed by atoms with E-state index in [0.29, 0.717) is 21.9 Å². The number of nitrogens with one attached hydrogen (secondary N) is 1. The fraction of sp³-hybridized carbons (Fsp3) is 0.500. The van der Waals surface area contributed by atoms with Crippen LogP contribution in [0.15, 0.2) is 29.4 Å². The van der Waals surface area contributed by atoms with Gasteiger partial charge in [-0.15, -0.1) is 10.2 Å². The lowest BCUT2D eigenvalue weighted by Gasteiger charge is -2.22. The number of amides is 1. The molecule has 3 N–H and O–H groups in total. The van der Waals surface area contributed by atoms with Crippen LogP contribution in [0.5, 0.6) is 0 Å². The van der Waals surface area contributed by atoms with Crippen LogP contribution in [0.2, 0.25) is 5.02 Å². The second-order valence-corrected chi connectivity index (χ2v) is 8.44. The van der Waals surface area contributed by atoms with Crippen LogP contribution in [0.4, 0.5) is 0 Å². The number of thioether (sulfide) groups is 1. The average molecular weight is 394 g/mol. The summed E-state index contributed by atoms with van der Waals surface area (Å²) in [5.74, 6) is 7.26. The van der Waals surface area contributed by atoms with Crippen LogP contribution in [0, 0.1) is 5.92 Å². The van der Waals surface area contributed by atoms with Gasteiger partial charge in [-0.05, 0) is 37.8 Å². The molecule has 0 saturated heterocycles. The number of hydrogen-bond acceptors (Lipinski definition) is 5. The first-order chi connectivity index (χ1) is 12.5. The Morgan fingerprint density at radius 2 is 2.15 bits per heavy atom. The van der Waals surface area contributed by atoms with E-state index in [1.807, 2.05) is 19.1 Å². The van der Waals surface area contributed by atoms with E-state index in [9.17, 15) is 4.79 Å². The highest BCUT2D eigenvalue weighted by atomic mass is 35.5. The number of nitrogens with zero attached hydrogens (tertiary/aromatic N) is 3. The van der Waals surface area contributed by atoms with Crippen molar-refractivity contribution in [1.29, 1.82) is 0 Å². The van der Waals surface area contributed by atoms with Gasteiger partial charge in [0.2, 0.25) is 11.1 Å². The highest BCUT2D eigenvalue weighted by Crippen LogP contribution is 2.26. The maximum atomic E-state index is 12.4. The van der Waals surface area contributed by atoms with Crippen LogP contribution >= 0.6 is 23.4 Å². The maximum Gasteiger partial charge on any atom is 0.233 e. The highest BCUT2D eigenvalue weighted by molar-refractivity contribution is 8.00. The number of halogens is 1. The topological polar surface area (TPSA) is 85.8 Å². The summed E-state index contributed by atoms with van der Waals surface area (Å²) in [7, 11) is 0. The molecule has 0 aliphatic heterocycles. The molecule has 1 atom stereocenters. The summed E-state index contributed by atoms with van der Waals surface area (Å²) in [6, 6.07) is 7.27. The normalized spacial score (nSPS) is 16.4. The van der Waals surface area contributed by atoms with Gasteiger partial charge in [-0.3, -0.25) is 4.79 Å². The van der Waals surface area contributed by atoms with E-state index in [1.54, 1.807) is 12.1 Å². The van der Waals surface area contributed by atoms with Gasteiger partial charge in [-0.1, -0.05) is 54.8 Å². The Balaban J connectivity index is 1.58. The molecule has 0 spiro atoms. The smallest absolute Gasteiger partial charge is 0.233 e. The van der Waals surface area contributed by atoms with Gasteiger partial charge in [0.15, 0.2) is 5.82 Å². The van der Waals surface area contributed by atoms with Crippen molar-refractivity contribution in [2.75, 3.05) is 12.4 Å². The van der Waals surface area contributed by atoms with Crippen molar-refractivity contribution >= 4 is 29.3 Å². The van der Waals surface area contributed by atoms with Crippen LogP contribution in [0.3, 0.4) is 0 Å². The van der Waals surface area contributed by atoms with Crippen molar-refractivity contribution in [3.05, 3.63) is 29.3 Å². The Hall–Kier alpha value is -1.73. The zero-order chi connectivity index (χ0) is 18.5. The molecule has 1 saturated carbocycles. The number of aromatic nitrogens is 3. The molecule has 1 unspecified atom stereocenters. The lowest BCUT2D eigenvalue weighted by molar-refractivity contribution is -0.120. The lowest BCUT2D eigenvalue weighted by Crippen LogP contribution is -2.35. The third-order valence-corrected chi connectivity index (χ3v) is 5.98. The second-order valence-electron chi connectivity index (χ2n) is 6.70. The number of hydrogen-bond donors (Lipinski definition) is 2. The molecule has 26 heavy (non-hydrogen) atoms. The van der Waals surface area contributed by atoms with E-state index in [-0.39, 0.29) is 11.2 Å². The molecule has 1 heterocycles. The number of rotatable bonds is 6. The number of nitrogen functional groups attached to an aromatic ring is 1. The molecular weight excluding hydrogens is 370 g/mol. The standard InChI is InChI=1S/C18H24ClN5OS/c1-12(17(25)21-11-13-6-3-2-4-7-13)26-18-23-22-16(24(18)20)14-8-5-9-15(19)10-14/h5,8-10,12-13H,2-4,6-7,11,20H2,1H3,(H,21,25). The fourth-order valence-corrected chi connectivity index (χ4v) is 4.16. The van der Waals surface area contributed by atoms with E-state index in [1.165, 1.54) is 48.5 Å². The second kappa shape index (κ2) is 8.77. The molecule has 140 valence electrons. The van der Waals surface area contributed by atoms with Gasteiger partial charge < -0.3 is 11.2 Å². The number of nitrogens with two attached hydrogens (primary N) is 1. The van der Waals surface area contributed by atoms with Gasteiger partial charge in [-0.25, -0.2) is 4.68 Å². The van der Waals surface area contributed by atoms with Gasteiger partial charge in [-0.2, -0.15) is 0 Å². The number of benzene rings is 1. The SMILES string of the molecule is CC(Sc1nnc(-c2cccc(Cl)c2)n1N)C(=O)NCC1CCCCC1. The number of carbonyl (C=O) groups excluding carboxylic acids is 1. The molecular formula is C18H24ClN5OS. The van der Waals surface area contributed by atoms with Gasteiger partial charge in [0, 0.05) is 17.1 Å². The monoisotopic (exact) mass is 393 g/mol. The van der Waals surface area contributed by atoms with Crippen molar-refractivity contribution in [1.82, 2.24) is 20.2 Å². The summed E-state index contributed by atoms with van der Waals surface area (Å²) in [6.07, 6.45) is 6.28. The van der Waals surface area contributed by atoms with Crippen LogP contribution in [-0.4, -0.2) is 32.6 Å². The van der Waals surface area contributed by atoms with E-state index < -0.39 is 0 Å². The molecule has 0 radical (unpaired) electrons. The maximum absolute atomic E-state index is 12.4. The third-order valence-electron chi connectivity index (χ3n) is 4.69. The molecule has 1 fully saturated rings. The van der Waals surface area contributed by atoms with Crippen LogP contribution in [-0.2, 0) is 4.79 Å². The van der Waals surface area contributed by atoms with Crippen molar-refractivity contribution in [3.8, 4) is 11.4 Å². The Morgan fingerprint density at radius 3 is 2.88 bits per heavy atom.